The van der Waals surface area contributed by atoms with Crippen molar-refractivity contribution >= 4 is 44.8 Å². The molecule has 0 unspecified atom stereocenters. The molecule has 0 aliphatic carbocycles. The summed E-state index contributed by atoms with van der Waals surface area (Å²) in [4.78, 5) is 19.0. The van der Waals surface area contributed by atoms with Crippen molar-refractivity contribution in [2.24, 2.45) is 4.40 Å². The summed E-state index contributed by atoms with van der Waals surface area (Å²) in [5.41, 5.74) is 1.96. The van der Waals surface area contributed by atoms with Gasteiger partial charge in [-0.3, -0.25) is 0 Å². The largest absolute Gasteiger partial charge is 0.456 e. The molecular weight excluding hydrogens is 440 g/mol. The van der Waals surface area contributed by atoms with Crippen molar-refractivity contribution in [3.05, 3.63) is 59.0 Å². The summed E-state index contributed by atoms with van der Waals surface area (Å²) in [6, 6.07) is 8.09. The van der Waals surface area contributed by atoms with Gasteiger partial charge in [-0.15, -0.1) is 4.40 Å². The number of anilines is 1. The first-order chi connectivity index (χ1) is 14.9. The van der Waals surface area contributed by atoms with Crippen LogP contribution in [0.15, 0.2) is 52.0 Å². The third-order valence-corrected chi connectivity index (χ3v) is 6.96. The van der Waals surface area contributed by atoms with Crippen LogP contribution in [0.3, 0.4) is 0 Å². The van der Waals surface area contributed by atoms with Gasteiger partial charge in [-0.05, 0) is 43.2 Å². The number of imidazole rings is 1. The molecule has 0 N–H and O–H groups in total. The molecule has 2 aliphatic heterocycles. The van der Waals surface area contributed by atoms with Crippen molar-refractivity contribution in [2.45, 2.75) is 37.2 Å². The molecule has 0 saturated carbocycles. The van der Waals surface area contributed by atoms with Crippen molar-refractivity contribution < 1.29 is 17.9 Å². The second-order valence-electron chi connectivity index (χ2n) is 7.55. The molecule has 0 bridgehead atoms. The van der Waals surface area contributed by atoms with Crippen LogP contribution in [0.1, 0.15) is 41.7 Å². The number of pyridine rings is 1. The molecule has 1 fully saturated rings. The molecular formula is C21H19ClN4O4S. The average Bonchev–Trinajstić information content (AvgIpc) is 3.00. The van der Waals surface area contributed by atoms with Crippen molar-refractivity contribution in [1.29, 1.82) is 0 Å². The lowest BCUT2D eigenvalue weighted by molar-refractivity contribution is 0.0468. The van der Waals surface area contributed by atoms with Crippen LogP contribution in [0.5, 0.6) is 0 Å². The van der Waals surface area contributed by atoms with Gasteiger partial charge in [0.25, 0.3) is 10.0 Å². The minimum absolute atomic E-state index is 0.0370. The van der Waals surface area contributed by atoms with Gasteiger partial charge < -0.3 is 14.0 Å². The highest BCUT2D eigenvalue weighted by Crippen LogP contribution is 2.35. The fourth-order valence-electron chi connectivity index (χ4n) is 3.92. The number of halogens is 1. The molecule has 10 heteroatoms. The summed E-state index contributed by atoms with van der Waals surface area (Å²) in [5, 5.41) is 0.568. The summed E-state index contributed by atoms with van der Waals surface area (Å²) >= 11 is 5.97. The molecule has 2 aliphatic rings. The highest BCUT2D eigenvalue weighted by molar-refractivity contribution is 7.90. The number of hydrogen-bond donors (Lipinski definition) is 0. The van der Waals surface area contributed by atoms with Crippen LogP contribution < -0.4 is 4.90 Å². The zero-order valence-electron chi connectivity index (χ0n) is 16.5. The van der Waals surface area contributed by atoms with Gasteiger partial charge in [-0.1, -0.05) is 18.0 Å². The maximum atomic E-state index is 12.7. The Morgan fingerprint density at radius 3 is 2.87 bits per heavy atom. The maximum Gasteiger partial charge on any atom is 0.338 e. The Labute approximate surface area is 184 Å². The fraction of sp³-hybridized carbons (Fsp3) is 0.286. The van der Waals surface area contributed by atoms with E-state index >= 15 is 0 Å². The highest BCUT2D eigenvalue weighted by atomic mass is 35.5. The van der Waals surface area contributed by atoms with Crippen molar-refractivity contribution in [3.63, 3.8) is 0 Å². The lowest BCUT2D eigenvalue weighted by atomic mass is 10.2. The monoisotopic (exact) mass is 458 g/mol. The summed E-state index contributed by atoms with van der Waals surface area (Å²) in [6.07, 6.45) is 6.98. The van der Waals surface area contributed by atoms with Gasteiger partial charge in [0.05, 0.1) is 22.0 Å². The Morgan fingerprint density at radius 2 is 2.00 bits per heavy atom. The van der Waals surface area contributed by atoms with Crippen molar-refractivity contribution in [1.82, 2.24) is 9.38 Å². The van der Waals surface area contributed by atoms with E-state index in [0.29, 0.717) is 40.9 Å². The first-order valence-corrected chi connectivity index (χ1v) is 11.8. The lowest BCUT2D eigenvalue weighted by Gasteiger charge is -2.29. The van der Waals surface area contributed by atoms with E-state index in [9.17, 15) is 13.2 Å². The first kappa shape index (κ1) is 20.0. The number of benzene rings is 1. The minimum atomic E-state index is -3.86. The quantitative estimate of drug-likeness (QED) is 0.554. The predicted molar refractivity (Wildman–Crippen MR) is 116 cm³/mol. The molecule has 31 heavy (non-hydrogen) atoms. The van der Waals surface area contributed by atoms with E-state index in [4.69, 9.17) is 16.3 Å². The summed E-state index contributed by atoms with van der Waals surface area (Å²) in [7, 11) is -3.86. The number of rotatable bonds is 3. The summed E-state index contributed by atoms with van der Waals surface area (Å²) in [5.74, 6) is -0.0500. The van der Waals surface area contributed by atoms with Gasteiger partial charge in [0.15, 0.2) is 0 Å². The number of fused-ring (bicyclic) bond motifs is 4. The van der Waals surface area contributed by atoms with Gasteiger partial charge in [-0.25, -0.2) is 9.78 Å². The number of esters is 1. The maximum absolute atomic E-state index is 12.7. The molecule has 2 aromatic heterocycles. The predicted octanol–water partition coefficient (Wildman–Crippen LogP) is 3.83. The Hall–Kier alpha value is -2.91. The minimum Gasteiger partial charge on any atom is -0.456 e. The van der Waals surface area contributed by atoms with Crippen LogP contribution >= 0.6 is 11.6 Å². The molecule has 1 aromatic carbocycles. The Bertz CT molecular complexity index is 1330. The van der Waals surface area contributed by atoms with E-state index in [1.165, 1.54) is 6.07 Å². The Balaban J connectivity index is 1.38. The van der Waals surface area contributed by atoms with Crippen molar-refractivity contribution in [3.8, 4) is 0 Å². The van der Waals surface area contributed by atoms with Gasteiger partial charge in [-0.2, -0.15) is 8.42 Å². The van der Waals surface area contributed by atoms with E-state index < -0.39 is 16.0 Å². The van der Waals surface area contributed by atoms with Crippen LogP contribution in [-0.2, 0) is 21.4 Å². The normalized spacial score (nSPS) is 17.5. The third kappa shape index (κ3) is 3.79. The van der Waals surface area contributed by atoms with Crippen LogP contribution in [0.4, 0.5) is 5.69 Å². The van der Waals surface area contributed by atoms with E-state index in [1.54, 1.807) is 41.1 Å². The van der Waals surface area contributed by atoms with Crippen molar-refractivity contribution in [2.75, 3.05) is 11.4 Å². The molecule has 8 nitrogen and oxygen atoms in total. The number of amidine groups is 1. The fourth-order valence-corrected chi connectivity index (χ4v) is 5.37. The van der Waals surface area contributed by atoms with Crippen LogP contribution in [0, 0.1) is 0 Å². The van der Waals surface area contributed by atoms with Gasteiger partial charge >= 0.3 is 5.97 Å². The van der Waals surface area contributed by atoms with Crippen LogP contribution in [-0.4, -0.2) is 36.2 Å². The van der Waals surface area contributed by atoms with Gasteiger partial charge in [0.1, 0.15) is 23.0 Å². The summed E-state index contributed by atoms with van der Waals surface area (Å²) in [6.45, 7) is 0.666. The second-order valence-corrected chi connectivity index (χ2v) is 9.56. The zero-order valence-corrected chi connectivity index (χ0v) is 18.1. The number of ether oxygens (including phenoxy) is 1. The number of aromatic nitrogens is 2. The molecule has 0 atom stereocenters. The van der Waals surface area contributed by atoms with E-state index in [0.717, 1.165) is 19.3 Å². The van der Waals surface area contributed by atoms with E-state index in [2.05, 4.69) is 9.38 Å². The standard InChI is InChI=1S/C21H19ClN4O4S/c22-15-6-8-19-23-16(12-25(19)11-15)13-30-21(27)14-5-7-17-18(10-14)31(28,29)24-20-4-2-1-3-9-26(17)20/h5-8,10-12H,1-4,9,13H2. The molecule has 1 saturated heterocycles. The smallest absolute Gasteiger partial charge is 0.338 e. The topological polar surface area (TPSA) is 93.3 Å². The first-order valence-electron chi connectivity index (χ1n) is 9.96. The molecule has 0 radical (unpaired) electrons. The molecule has 4 heterocycles. The van der Waals surface area contributed by atoms with Crippen LogP contribution in [0.25, 0.3) is 5.65 Å². The zero-order chi connectivity index (χ0) is 21.6. The Kier molecular flexibility index (Phi) is 4.94. The summed E-state index contributed by atoms with van der Waals surface area (Å²) < 4.78 is 36.6. The molecule has 3 aromatic rings. The molecule has 5 rings (SSSR count). The van der Waals surface area contributed by atoms with Crippen LogP contribution in [0.2, 0.25) is 5.02 Å². The second kappa shape index (κ2) is 7.65. The average molecular weight is 459 g/mol. The molecule has 160 valence electrons. The van der Waals surface area contributed by atoms with E-state index in [1.807, 2.05) is 4.90 Å². The third-order valence-electron chi connectivity index (χ3n) is 5.40. The van der Waals surface area contributed by atoms with Gasteiger partial charge in [0, 0.05) is 25.4 Å². The number of sulfonamides is 1. The van der Waals surface area contributed by atoms with Gasteiger partial charge in [0.2, 0.25) is 0 Å². The SMILES string of the molecule is O=C(OCc1cn2cc(Cl)ccc2n1)c1ccc2c(c1)S(=O)(=O)N=C1CCCCCN12. The number of carbonyl (C=O) groups is 1. The molecule has 0 amide bonds. The number of nitrogens with zero attached hydrogens (tertiary/aromatic N) is 4. The van der Waals surface area contributed by atoms with E-state index in [-0.39, 0.29) is 17.1 Å². The Morgan fingerprint density at radius 1 is 1.13 bits per heavy atom. The number of hydrogen-bond acceptors (Lipinski definition) is 6. The lowest BCUT2D eigenvalue weighted by Crippen LogP contribution is -2.35. The molecule has 0 spiro atoms. The highest BCUT2D eigenvalue weighted by Gasteiger charge is 2.32. The number of carbonyl (C=O) groups excluding carboxylic acids is 1.